The van der Waals surface area contributed by atoms with Crippen LogP contribution in [0.15, 0.2) is 52.0 Å². The lowest BCUT2D eigenvalue weighted by molar-refractivity contribution is -0.385. The maximum absolute atomic E-state index is 12.1. The molecule has 27 heavy (non-hydrogen) atoms. The van der Waals surface area contributed by atoms with Gasteiger partial charge in [0.25, 0.3) is 5.91 Å². The van der Waals surface area contributed by atoms with Crippen LogP contribution < -0.4 is 10.7 Å². The Morgan fingerprint density at radius 1 is 1.26 bits per heavy atom. The van der Waals surface area contributed by atoms with E-state index in [0.29, 0.717) is 15.7 Å². The largest absolute Gasteiger partial charge is 0.502 e. The molecule has 10 heteroatoms. The van der Waals surface area contributed by atoms with Crippen molar-refractivity contribution in [3.8, 4) is 5.75 Å². The summed E-state index contributed by atoms with van der Waals surface area (Å²) in [4.78, 5) is 34.2. The van der Waals surface area contributed by atoms with Crippen LogP contribution in [0.3, 0.4) is 0 Å². The lowest BCUT2D eigenvalue weighted by atomic mass is 10.1. The Bertz CT molecular complexity index is 916. The van der Waals surface area contributed by atoms with E-state index in [2.05, 4.69) is 31.8 Å². The number of carbonyl (C=O) groups is 2. The van der Waals surface area contributed by atoms with E-state index in [1.165, 1.54) is 19.2 Å². The number of amides is 2. The van der Waals surface area contributed by atoms with Crippen molar-refractivity contribution in [2.24, 2.45) is 11.0 Å². The molecule has 0 spiro atoms. The summed E-state index contributed by atoms with van der Waals surface area (Å²) in [6, 6.07) is 10.6. The van der Waals surface area contributed by atoms with E-state index in [4.69, 9.17) is 0 Å². The number of nitrogens with one attached hydrogen (secondary N) is 2. The van der Waals surface area contributed by atoms with Crippen molar-refractivity contribution in [3.63, 3.8) is 0 Å². The van der Waals surface area contributed by atoms with Crippen molar-refractivity contribution in [3.05, 3.63) is 62.6 Å². The number of halogens is 1. The average Bonchev–Trinajstić information content (AvgIpc) is 2.63. The fourth-order valence-corrected chi connectivity index (χ4v) is 2.34. The minimum absolute atomic E-state index is 0.296. The van der Waals surface area contributed by atoms with Gasteiger partial charge in [0.1, 0.15) is 5.92 Å². The first kappa shape index (κ1) is 20.0. The summed E-state index contributed by atoms with van der Waals surface area (Å²) >= 11 is 3.30. The first-order valence-corrected chi connectivity index (χ1v) is 8.44. The van der Waals surface area contributed by atoms with Crippen LogP contribution in [0.5, 0.6) is 5.75 Å². The van der Waals surface area contributed by atoms with Crippen LogP contribution in [0.1, 0.15) is 12.5 Å². The highest BCUT2D eigenvalue weighted by Gasteiger charge is 2.21. The number of aromatic hydroxyl groups is 1. The molecule has 0 aliphatic heterocycles. The molecule has 0 aliphatic rings. The van der Waals surface area contributed by atoms with E-state index in [0.717, 1.165) is 12.1 Å². The number of nitro benzene ring substituents is 1. The van der Waals surface area contributed by atoms with Gasteiger partial charge in [-0.2, -0.15) is 5.10 Å². The molecule has 2 aromatic rings. The number of nitro groups is 1. The third kappa shape index (κ3) is 5.35. The molecule has 3 N–H and O–H groups in total. The van der Waals surface area contributed by atoms with Crippen LogP contribution in [-0.2, 0) is 9.59 Å². The highest BCUT2D eigenvalue weighted by molar-refractivity contribution is 9.10. The Kier molecular flexibility index (Phi) is 6.61. The molecule has 0 saturated carbocycles. The molecule has 2 aromatic carbocycles. The first-order valence-electron chi connectivity index (χ1n) is 7.65. The van der Waals surface area contributed by atoms with Crippen molar-refractivity contribution in [2.75, 3.05) is 5.32 Å². The van der Waals surface area contributed by atoms with Gasteiger partial charge < -0.3 is 10.4 Å². The number of hydrazone groups is 1. The molecule has 140 valence electrons. The Labute approximate surface area is 162 Å². The van der Waals surface area contributed by atoms with Gasteiger partial charge in [-0.15, -0.1) is 0 Å². The number of carbonyl (C=O) groups excluding carboxylic acids is 2. The molecule has 0 aliphatic carbocycles. The van der Waals surface area contributed by atoms with Crippen LogP contribution in [0.4, 0.5) is 11.4 Å². The van der Waals surface area contributed by atoms with E-state index in [9.17, 15) is 24.8 Å². The van der Waals surface area contributed by atoms with Gasteiger partial charge in [0.2, 0.25) is 5.91 Å². The Morgan fingerprint density at radius 2 is 1.96 bits per heavy atom. The number of rotatable bonds is 6. The first-order chi connectivity index (χ1) is 12.8. The number of anilines is 1. The smallest absolute Gasteiger partial charge is 0.311 e. The summed E-state index contributed by atoms with van der Waals surface area (Å²) < 4.78 is 0.679. The van der Waals surface area contributed by atoms with Gasteiger partial charge in [-0.05, 0) is 47.1 Å². The Morgan fingerprint density at radius 3 is 2.63 bits per heavy atom. The highest BCUT2D eigenvalue weighted by atomic mass is 79.9. The average molecular weight is 435 g/mol. The van der Waals surface area contributed by atoms with Gasteiger partial charge in [-0.25, -0.2) is 5.43 Å². The molecule has 9 nitrogen and oxygen atoms in total. The van der Waals surface area contributed by atoms with E-state index in [1.54, 1.807) is 24.3 Å². The molecule has 0 radical (unpaired) electrons. The van der Waals surface area contributed by atoms with Gasteiger partial charge in [0.15, 0.2) is 5.75 Å². The lowest BCUT2D eigenvalue weighted by Gasteiger charge is -2.11. The number of hydrogen-bond donors (Lipinski definition) is 3. The van der Waals surface area contributed by atoms with Gasteiger partial charge in [0, 0.05) is 16.1 Å². The van der Waals surface area contributed by atoms with Crippen LogP contribution >= 0.6 is 15.9 Å². The number of para-hydroxylation sites is 1. The van der Waals surface area contributed by atoms with E-state index < -0.39 is 34.1 Å². The maximum atomic E-state index is 12.1. The normalized spacial score (nSPS) is 11.8. The summed E-state index contributed by atoms with van der Waals surface area (Å²) in [5, 5.41) is 26.5. The Balaban J connectivity index is 1.97. The van der Waals surface area contributed by atoms with E-state index in [-0.39, 0.29) is 0 Å². The molecule has 0 saturated heterocycles. The van der Waals surface area contributed by atoms with E-state index >= 15 is 0 Å². The van der Waals surface area contributed by atoms with Crippen LogP contribution in [0, 0.1) is 16.0 Å². The fourth-order valence-electron chi connectivity index (χ4n) is 1.96. The van der Waals surface area contributed by atoms with Crippen molar-refractivity contribution in [1.82, 2.24) is 5.43 Å². The van der Waals surface area contributed by atoms with Gasteiger partial charge in [-0.1, -0.05) is 12.1 Å². The van der Waals surface area contributed by atoms with Crippen molar-refractivity contribution in [1.29, 1.82) is 0 Å². The molecule has 0 heterocycles. The molecule has 1 unspecified atom stereocenters. The summed E-state index contributed by atoms with van der Waals surface area (Å²) in [7, 11) is 0. The standard InChI is InChI=1S/C17H15BrN4O5/c1-10(16(24)20-13-5-3-2-4-12(13)18)17(25)21-19-9-11-6-7-15(23)14(8-11)22(26)27/h2-10,23H,1H3,(H,20,24)(H,21,25). The molecule has 0 fully saturated rings. The predicted molar refractivity (Wildman–Crippen MR) is 102 cm³/mol. The summed E-state index contributed by atoms with van der Waals surface area (Å²) in [5.74, 6) is -2.67. The third-order valence-electron chi connectivity index (χ3n) is 3.50. The number of hydrogen-bond acceptors (Lipinski definition) is 6. The van der Waals surface area contributed by atoms with Crippen molar-refractivity contribution < 1.29 is 19.6 Å². The zero-order valence-electron chi connectivity index (χ0n) is 14.0. The summed E-state index contributed by atoms with van der Waals surface area (Å²) in [6.45, 7) is 1.42. The maximum Gasteiger partial charge on any atom is 0.311 e. The molecule has 2 rings (SSSR count). The van der Waals surface area contributed by atoms with Crippen molar-refractivity contribution in [2.45, 2.75) is 6.92 Å². The van der Waals surface area contributed by atoms with Gasteiger partial charge >= 0.3 is 5.69 Å². The highest BCUT2D eigenvalue weighted by Crippen LogP contribution is 2.25. The minimum Gasteiger partial charge on any atom is -0.502 e. The molecular formula is C17H15BrN4O5. The SMILES string of the molecule is CC(C(=O)NN=Cc1ccc(O)c([N+](=O)[O-])c1)C(=O)Nc1ccccc1Br. The summed E-state index contributed by atoms with van der Waals surface area (Å²) in [6.07, 6.45) is 1.17. The van der Waals surface area contributed by atoms with Gasteiger partial charge in [0.05, 0.1) is 16.8 Å². The van der Waals surface area contributed by atoms with Crippen LogP contribution in [0.2, 0.25) is 0 Å². The second-order valence-electron chi connectivity index (χ2n) is 5.43. The second kappa shape index (κ2) is 8.90. The van der Waals surface area contributed by atoms with Crippen molar-refractivity contribution >= 4 is 45.3 Å². The number of phenols is 1. The third-order valence-corrected chi connectivity index (χ3v) is 4.19. The zero-order valence-corrected chi connectivity index (χ0v) is 15.6. The topological polar surface area (TPSA) is 134 Å². The van der Waals surface area contributed by atoms with Gasteiger partial charge in [-0.3, -0.25) is 19.7 Å². The monoisotopic (exact) mass is 434 g/mol. The second-order valence-corrected chi connectivity index (χ2v) is 6.28. The molecule has 2 amide bonds. The summed E-state index contributed by atoms with van der Waals surface area (Å²) in [5.41, 5.74) is 2.55. The molecule has 1 atom stereocenters. The van der Waals surface area contributed by atoms with Crippen LogP contribution in [0.25, 0.3) is 0 Å². The molecule has 0 bridgehead atoms. The molecular weight excluding hydrogens is 420 g/mol. The van der Waals surface area contributed by atoms with E-state index in [1.807, 2.05) is 0 Å². The number of phenolic OH excluding ortho intramolecular Hbond substituents is 1. The zero-order chi connectivity index (χ0) is 20.0. The predicted octanol–water partition coefficient (Wildman–Crippen LogP) is 2.79. The van der Waals surface area contributed by atoms with Crippen LogP contribution in [-0.4, -0.2) is 28.1 Å². The number of nitrogens with zero attached hydrogens (tertiary/aromatic N) is 2. The quantitative estimate of drug-likeness (QED) is 0.278. The lowest BCUT2D eigenvalue weighted by Crippen LogP contribution is -2.34. The molecule has 0 aromatic heterocycles. The fraction of sp³-hybridized carbons (Fsp3) is 0.118. The minimum atomic E-state index is -1.02. The Hall–Kier alpha value is -3.27. The number of benzene rings is 2.